The quantitative estimate of drug-likeness (QED) is 0.296. The van der Waals surface area contributed by atoms with E-state index in [4.69, 9.17) is 37.4 Å². The van der Waals surface area contributed by atoms with Crippen LogP contribution >= 0.6 is 23.2 Å². The van der Waals surface area contributed by atoms with Crippen molar-refractivity contribution in [3.8, 4) is 11.6 Å². The number of anilines is 1. The zero-order valence-corrected chi connectivity index (χ0v) is 23.1. The molecule has 1 aliphatic heterocycles. The molecule has 206 valence electrons. The van der Waals surface area contributed by atoms with Crippen molar-refractivity contribution in [1.82, 2.24) is 24.7 Å². The van der Waals surface area contributed by atoms with Gasteiger partial charge in [0.25, 0.3) is 10.0 Å². The van der Waals surface area contributed by atoms with Gasteiger partial charge in [-0.05, 0) is 38.3 Å². The molecule has 4 aromatic rings. The number of ether oxygens (including phenoxy) is 3. The molecule has 0 saturated carbocycles. The van der Waals surface area contributed by atoms with Crippen LogP contribution in [0, 0.1) is 12.7 Å². The van der Waals surface area contributed by atoms with Crippen LogP contribution in [0.4, 0.5) is 10.2 Å². The largest absolute Gasteiger partial charge is 0.487 e. The normalized spacial score (nSPS) is 15.9. The fourth-order valence-corrected chi connectivity index (χ4v) is 5.83. The summed E-state index contributed by atoms with van der Waals surface area (Å²) in [7, 11) is -3.04. The molecule has 0 amide bonds. The topological polar surface area (TPSA) is 130 Å². The Morgan fingerprint density at radius 1 is 1.18 bits per heavy atom. The highest BCUT2D eigenvalue weighted by Gasteiger charge is 2.25. The predicted molar refractivity (Wildman–Crippen MR) is 141 cm³/mol. The third-order valence-electron chi connectivity index (χ3n) is 6.08. The number of hydrogen-bond donors (Lipinski definition) is 1. The van der Waals surface area contributed by atoms with Crippen LogP contribution in [0.1, 0.15) is 36.7 Å². The molecule has 1 saturated heterocycles. The Balaban J connectivity index is 1.38. The minimum absolute atomic E-state index is 0.0704. The first-order valence-electron chi connectivity index (χ1n) is 11.8. The highest BCUT2D eigenvalue weighted by atomic mass is 35.5. The SMILES string of the molecule is COc1ncc(Cl)cc1S(=O)(=O)Nc1ncc(F)c(COc2cnc3c(c2)c(C)nn3C2CCCCO2)c1Cl. The fourth-order valence-electron chi connectivity index (χ4n) is 4.15. The smallest absolute Gasteiger partial charge is 0.268 e. The number of nitrogens with zero attached hydrogens (tertiary/aromatic N) is 5. The summed E-state index contributed by atoms with van der Waals surface area (Å²) in [6.07, 6.45) is 6.32. The molecule has 0 aromatic carbocycles. The zero-order chi connectivity index (χ0) is 27.7. The van der Waals surface area contributed by atoms with Crippen LogP contribution in [-0.2, 0) is 21.4 Å². The van der Waals surface area contributed by atoms with E-state index in [2.05, 4.69) is 24.8 Å². The van der Waals surface area contributed by atoms with Gasteiger partial charge < -0.3 is 14.2 Å². The molecule has 1 unspecified atom stereocenters. The van der Waals surface area contributed by atoms with E-state index in [0.29, 0.717) is 18.0 Å². The van der Waals surface area contributed by atoms with Crippen molar-refractivity contribution in [3.63, 3.8) is 0 Å². The predicted octanol–water partition coefficient (Wildman–Crippen LogP) is 5.06. The van der Waals surface area contributed by atoms with Crippen LogP contribution < -0.4 is 14.2 Å². The van der Waals surface area contributed by atoms with E-state index < -0.39 is 15.8 Å². The van der Waals surface area contributed by atoms with Crippen LogP contribution in [0.2, 0.25) is 10.0 Å². The van der Waals surface area contributed by atoms with Crippen molar-refractivity contribution < 1.29 is 27.0 Å². The first kappa shape index (κ1) is 27.3. The maximum Gasteiger partial charge on any atom is 0.268 e. The third kappa shape index (κ3) is 5.57. The van der Waals surface area contributed by atoms with Gasteiger partial charge in [-0.3, -0.25) is 4.72 Å². The summed E-state index contributed by atoms with van der Waals surface area (Å²) in [6.45, 7) is 2.21. The van der Waals surface area contributed by atoms with Crippen LogP contribution in [0.25, 0.3) is 11.0 Å². The monoisotopic (exact) mass is 596 g/mol. The van der Waals surface area contributed by atoms with E-state index in [1.807, 2.05) is 6.92 Å². The second-order valence-corrected chi connectivity index (χ2v) is 11.2. The number of nitrogens with one attached hydrogen (secondary N) is 1. The first-order chi connectivity index (χ1) is 18.7. The van der Waals surface area contributed by atoms with Gasteiger partial charge in [-0.2, -0.15) is 5.10 Å². The molecule has 5 rings (SSSR count). The highest BCUT2D eigenvalue weighted by Crippen LogP contribution is 2.33. The zero-order valence-electron chi connectivity index (χ0n) is 20.8. The summed E-state index contributed by atoms with van der Waals surface area (Å²) in [5, 5.41) is 5.14. The molecule has 1 aliphatic rings. The van der Waals surface area contributed by atoms with Crippen LogP contribution in [0.5, 0.6) is 11.6 Å². The number of aryl methyl sites for hydroxylation is 1. The maximum atomic E-state index is 14.7. The Morgan fingerprint density at radius 2 is 2.00 bits per heavy atom. The number of rotatable bonds is 8. The third-order valence-corrected chi connectivity index (χ3v) is 8.03. The number of hydrogen-bond acceptors (Lipinski definition) is 9. The molecule has 0 aliphatic carbocycles. The Hall–Kier alpha value is -3.26. The summed E-state index contributed by atoms with van der Waals surface area (Å²) in [5.41, 5.74) is 1.29. The Kier molecular flexibility index (Phi) is 7.76. The number of fused-ring (bicyclic) bond motifs is 1. The molecule has 0 spiro atoms. The van der Waals surface area contributed by atoms with Crippen molar-refractivity contribution in [1.29, 1.82) is 0 Å². The lowest BCUT2D eigenvalue weighted by atomic mass is 10.2. The van der Waals surface area contributed by atoms with Crippen molar-refractivity contribution in [2.75, 3.05) is 18.4 Å². The number of pyridine rings is 3. The van der Waals surface area contributed by atoms with E-state index in [0.717, 1.165) is 42.6 Å². The standard InChI is InChI=1S/C24H23Cl2FN6O5S/c1-13-16-8-15(10-29-23(16)33(31-13)20-5-3-4-6-37-20)38-12-17-18(27)11-28-22(21(17)26)32-39(34,35)19-7-14(25)9-30-24(19)36-2/h7-11,20H,3-6,12H2,1-2H3,(H,28,32). The lowest BCUT2D eigenvalue weighted by molar-refractivity contribution is -0.0371. The van der Waals surface area contributed by atoms with E-state index in [1.165, 1.54) is 19.5 Å². The molecular weight excluding hydrogens is 574 g/mol. The average molecular weight is 597 g/mol. The molecular formula is C24H23Cl2FN6O5S. The molecule has 11 nitrogen and oxygen atoms in total. The van der Waals surface area contributed by atoms with E-state index in [1.54, 1.807) is 10.7 Å². The minimum Gasteiger partial charge on any atom is -0.487 e. The van der Waals surface area contributed by atoms with Gasteiger partial charge in [-0.25, -0.2) is 32.4 Å². The van der Waals surface area contributed by atoms with Gasteiger partial charge in [0.2, 0.25) is 5.88 Å². The lowest BCUT2D eigenvalue weighted by Crippen LogP contribution is -2.19. The van der Waals surface area contributed by atoms with Gasteiger partial charge in [0.05, 0.1) is 35.2 Å². The van der Waals surface area contributed by atoms with Gasteiger partial charge in [0, 0.05) is 23.8 Å². The summed E-state index contributed by atoms with van der Waals surface area (Å²) >= 11 is 12.3. The molecule has 15 heteroatoms. The molecule has 5 heterocycles. The minimum atomic E-state index is -4.30. The van der Waals surface area contributed by atoms with Crippen LogP contribution in [0.15, 0.2) is 35.6 Å². The second kappa shape index (κ2) is 11.1. The van der Waals surface area contributed by atoms with Gasteiger partial charge in [-0.1, -0.05) is 23.2 Å². The summed E-state index contributed by atoms with van der Waals surface area (Å²) in [4.78, 5) is 11.8. The Bertz CT molecular complexity index is 1650. The van der Waals surface area contributed by atoms with Gasteiger partial charge in [0.15, 0.2) is 22.6 Å². The summed E-state index contributed by atoms with van der Waals surface area (Å²) < 4.78 is 61.3. The van der Waals surface area contributed by atoms with E-state index in [-0.39, 0.29) is 45.0 Å². The molecule has 0 radical (unpaired) electrons. The number of aromatic nitrogens is 5. The average Bonchev–Trinajstić information content (AvgIpc) is 3.26. The number of methoxy groups -OCH3 is 1. The lowest BCUT2D eigenvalue weighted by Gasteiger charge is -2.23. The molecule has 1 N–H and O–H groups in total. The van der Waals surface area contributed by atoms with Gasteiger partial charge in [-0.15, -0.1) is 0 Å². The van der Waals surface area contributed by atoms with Crippen molar-refractivity contribution in [2.24, 2.45) is 0 Å². The molecule has 4 aromatic heterocycles. The number of sulfonamides is 1. The van der Waals surface area contributed by atoms with Gasteiger partial charge in [0.1, 0.15) is 18.2 Å². The van der Waals surface area contributed by atoms with Gasteiger partial charge >= 0.3 is 0 Å². The maximum absolute atomic E-state index is 14.7. The van der Waals surface area contributed by atoms with E-state index >= 15 is 0 Å². The Labute approximate surface area is 233 Å². The fraction of sp³-hybridized carbons (Fsp3) is 0.333. The second-order valence-electron chi connectivity index (χ2n) is 8.70. The van der Waals surface area contributed by atoms with Crippen molar-refractivity contribution in [3.05, 3.63) is 57.8 Å². The molecule has 39 heavy (non-hydrogen) atoms. The highest BCUT2D eigenvalue weighted by molar-refractivity contribution is 7.92. The number of halogens is 3. The first-order valence-corrected chi connectivity index (χ1v) is 14.1. The molecule has 1 atom stereocenters. The van der Waals surface area contributed by atoms with Crippen LogP contribution in [0.3, 0.4) is 0 Å². The summed E-state index contributed by atoms with van der Waals surface area (Å²) in [6, 6.07) is 2.91. The van der Waals surface area contributed by atoms with Crippen LogP contribution in [-0.4, -0.2) is 46.9 Å². The molecule has 1 fully saturated rings. The Morgan fingerprint density at radius 3 is 2.74 bits per heavy atom. The van der Waals surface area contributed by atoms with E-state index in [9.17, 15) is 12.8 Å². The molecule has 0 bridgehead atoms. The summed E-state index contributed by atoms with van der Waals surface area (Å²) in [5.74, 6) is -0.932. The van der Waals surface area contributed by atoms with Crippen molar-refractivity contribution >= 4 is 50.1 Å². The van der Waals surface area contributed by atoms with Crippen molar-refractivity contribution in [2.45, 2.75) is 43.9 Å².